The molecule has 1 aromatic carbocycles. The van der Waals surface area contributed by atoms with E-state index in [2.05, 4.69) is 14.7 Å². The second kappa shape index (κ2) is 8.59. The maximum atomic E-state index is 14.0. The number of hydrogen-bond acceptors (Lipinski definition) is 8. The fourth-order valence-corrected chi connectivity index (χ4v) is 3.69. The summed E-state index contributed by atoms with van der Waals surface area (Å²) in [6, 6.07) is 3.44. The van der Waals surface area contributed by atoms with E-state index in [0.717, 1.165) is 35.0 Å². The number of rotatable bonds is 7. The van der Waals surface area contributed by atoms with Crippen molar-refractivity contribution in [2.24, 2.45) is 0 Å². The molecule has 4 N–H and O–H groups in total. The van der Waals surface area contributed by atoms with Crippen LogP contribution in [0.25, 0.3) is 10.6 Å². The van der Waals surface area contributed by atoms with Gasteiger partial charge in [0.25, 0.3) is 5.91 Å². The van der Waals surface area contributed by atoms with Gasteiger partial charge in [-0.2, -0.15) is 4.37 Å². The summed E-state index contributed by atoms with van der Waals surface area (Å²) < 4.78 is 37.4. The molecule has 3 aromatic rings. The third kappa shape index (κ3) is 4.43. The molecule has 0 radical (unpaired) electrons. The molecule has 1 atom stereocenters. The maximum Gasteiger partial charge on any atom is 0.277 e. The van der Waals surface area contributed by atoms with Crippen LogP contribution in [0.4, 0.5) is 19.5 Å². The van der Waals surface area contributed by atoms with Crippen LogP contribution in [0, 0.1) is 11.6 Å². The molecule has 1 unspecified atom stereocenters. The van der Waals surface area contributed by atoms with Gasteiger partial charge in [0.05, 0.1) is 24.5 Å². The summed E-state index contributed by atoms with van der Waals surface area (Å²) in [6.07, 6.45) is 1.31. The fraction of sp³-hybridized carbons (Fsp3) is 0.235. The Morgan fingerprint density at radius 3 is 2.79 bits per heavy atom. The number of nitrogens with two attached hydrogens (primary N) is 1. The zero-order valence-corrected chi connectivity index (χ0v) is 16.2. The fourth-order valence-electron chi connectivity index (χ4n) is 2.22. The molecule has 0 spiro atoms. The summed E-state index contributed by atoms with van der Waals surface area (Å²) in [5.41, 5.74) is 5.67. The number of aromatic nitrogens is 2. The predicted molar refractivity (Wildman–Crippen MR) is 104 cm³/mol. The van der Waals surface area contributed by atoms with Crippen LogP contribution in [-0.4, -0.2) is 33.1 Å². The van der Waals surface area contributed by atoms with Gasteiger partial charge in [-0.25, -0.2) is 13.8 Å². The van der Waals surface area contributed by atoms with E-state index in [4.69, 9.17) is 10.5 Å². The molecule has 1 amide bonds. The van der Waals surface area contributed by atoms with E-state index in [1.165, 1.54) is 12.3 Å². The van der Waals surface area contributed by atoms with Crippen LogP contribution in [-0.2, 0) is 0 Å². The van der Waals surface area contributed by atoms with Crippen LogP contribution in [0.5, 0.6) is 5.06 Å². The molecule has 2 heterocycles. The van der Waals surface area contributed by atoms with Gasteiger partial charge < -0.3 is 20.9 Å². The molecule has 0 aliphatic heterocycles. The Labute approximate surface area is 167 Å². The van der Waals surface area contributed by atoms with Crippen LogP contribution >= 0.6 is 22.9 Å². The summed E-state index contributed by atoms with van der Waals surface area (Å²) in [5.74, 6) is -2.24. The SMILES string of the molecule is CC(O)CCOc1sncc1NC(=O)c1nc(-c2c(F)cccc2F)sc1N. The first-order valence-electron chi connectivity index (χ1n) is 8.14. The smallest absolute Gasteiger partial charge is 0.277 e. The Hall–Kier alpha value is -2.63. The second-order valence-corrected chi connectivity index (χ2v) is 7.59. The Morgan fingerprint density at radius 1 is 1.39 bits per heavy atom. The molecule has 0 saturated carbocycles. The van der Waals surface area contributed by atoms with Gasteiger partial charge in [-0.3, -0.25) is 4.79 Å². The van der Waals surface area contributed by atoms with E-state index in [-0.39, 0.29) is 27.9 Å². The highest BCUT2D eigenvalue weighted by Crippen LogP contribution is 2.35. The molecular weight excluding hydrogens is 410 g/mol. The van der Waals surface area contributed by atoms with E-state index >= 15 is 0 Å². The van der Waals surface area contributed by atoms with Crippen molar-refractivity contribution in [3.8, 4) is 15.6 Å². The van der Waals surface area contributed by atoms with E-state index in [1.54, 1.807) is 6.92 Å². The van der Waals surface area contributed by atoms with Gasteiger partial charge in [0.1, 0.15) is 27.3 Å². The van der Waals surface area contributed by atoms with Crippen molar-refractivity contribution < 1.29 is 23.4 Å². The largest absolute Gasteiger partial charge is 0.481 e. The van der Waals surface area contributed by atoms with Crippen LogP contribution in [0.15, 0.2) is 24.4 Å². The minimum absolute atomic E-state index is 0.0231. The zero-order valence-electron chi connectivity index (χ0n) is 14.6. The summed E-state index contributed by atoms with van der Waals surface area (Å²) in [4.78, 5) is 16.5. The number of aliphatic hydroxyl groups excluding tert-OH is 1. The maximum absolute atomic E-state index is 14.0. The van der Waals surface area contributed by atoms with Gasteiger partial charge in [-0.05, 0) is 19.1 Å². The first-order valence-corrected chi connectivity index (χ1v) is 9.73. The molecule has 0 aliphatic carbocycles. The normalized spacial score (nSPS) is 12.0. The summed E-state index contributed by atoms with van der Waals surface area (Å²) in [6.45, 7) is 1.89. The molecule has 28 heavy (non-hydrogen) atoms. The molecule has 148 valence electrons. The summed E-state index contributed by atoms with van der Waals surface area (Å²) in [7, 11) is 0. The van der Waals surface area contributed by atoms with Gasteiger partial charge in [0.2, 0.25) is 5.06 Å². The van der Waals surface area contributed by atoms with Crippen LogP contribution < -0.4 is 15.8 Å². The highest BCUT2D eigenvalue weighted by molar-refractivity contribution is 7.19. The average molecular weight is 426 g/mol. The number of benzene rings is 1. The van der Waals surface area contributed by atoms with Crippen molar-refractivity contribution in [1.29, 1.82) is 0 Å². The Bertz CT molecular complexity index is 970. The lowest BCUT2D eigenvalue weighted by Crippen LogP contribution is -2.14. The molecule has 0 fully saturated rings. The topological polar surface area (TPSA) is 110 Å². The van der Waals surface area contributed by atoms with Crippen molar-refractivity contribution in [3.63, 3.8) is 0 Å². The van der Waals surface area contributed by atoms with Crippen molar-refractivity contribution in [3.05, 3.63) is 41.7 Å². The average Bonchev–Trinajstić information content (AvgIpc) is 3.21. The number of nitrogen functional groups attached to an aromatic ring is 1. The van der Waals surface area contributed by atoms with Gasteiger partial charge in [-0.1, -0.05) is 17.4 Å². The number of halogens is 2. The van der Waals surface area contributed by atoms with Gasteiger partial charge >= 0.3 is 0 Å². The lowest BCUT2D eigenvalue weighted by Gasteiger charge is -2.08. The molecule has 0 saturated heterocycles. The zero-order chi connectivity index (χ0) is 20.3. The van der Waals surface area contributed by atoms with Gasteiger partial charge in [0.15, 0.2) is 5.69 Å². The quantitative estimate of drug-likeness (QED) is 0.533. The Balaban J connectivity index is 1.78. The minimum Gasteiger partial charge on any atom is -0.481 e. The van der Waals surface area contributed by atoms with E-state index in [0.29, 0.717) is 17.2 Å². The summed E-state index contributed by atoms with van der Waals surface area (Å²) in [5, 5.41) is 12.2. The van der Waals surface area contributed by atoms with E-state index in [1.807, 2.05) is 0 Å². The number of thiazole rings is 1. The number of hydrogen-bond donors (Lipinski definition) is 3. The van der Waals surface area contributed by atoms with Crippen molar-refractivity contribution in [2.45, 2.75) is 19.4 Å². The molecule has 0 aliphatic rings. The van der Waals surface area contributed by atoms with Crippen molar-refractivity contribution in [2.75, 3.05) is 17.7 Å². The number of ether oxygens (including phenoxy) is 1. The van der Waals surface area contributed by atoms with Crippen molar-refractivity contribution in [1.82, 2.24) is 9.36 Å². The van der Waals surface area contributed by atoms with Crippen molar-refractivity contribution >= 4 is 39.5 Å². The minimum atomic E-state index is -0.795. The first kappa shape index (κ1) is 20.1. The van der Waals surface area contributed by atoms with Gasteiger partial charge in [-0.15, -0.1) is 0 Å². The highest BCUT2D eigenvalue weighted by atomic mass is 32.1. The number of carbonyl (C=O) groups excluding carboxylic acids is 1. The van der Waals surface area contributed by atoms with Gasteiger partial charge in [0, 0.05) is 18.0 Å². The lowest BCUT2D eigenvalue weighted by molar-refractivity contribution is 0.102. The lowest BCUT2D eigenvalue weighted by atomic mass is 10.2. The molecule has 7 nitrogen and oxygen atoms in total. The molecular formula is C17H16F2N4O3S2. The summed E-state index contributed by atoms with van der Waals surface area (Å²) >= 11 is 1.84. The monoisotopic (exact) mass is 426 g/mol. The number of aliphatic hydroxyl groups is 1. The number of anilines is 2. The third-order valence-corrected chi connectivity index (χ3v) is 5.22. The Morgan fingerprint density at radius 2 is 2.11 bits per heavy atom. The number of nitrogens with one attached hydrogen (secondary N) is 1. The number of nitrogens with zero attached hydrogens (tertiary/aromatic N) is 2. The standard InChI is InChI=1S/C17H16F2N4O3S2/c1-8(24)5-6-26-17-11(7-21-28-17)22-15(25)13-14(20)27-16(23-13)12-9(18)3-2-4-10(12)19/h2-4,7-8,24H,5-6,20H2,1H3,(H,22,25). The number of amides is 1. The molecule has 11 heteroatoms. The molecule has 0 bridgehead atoms. The Kier molecular flexibility index (Phi) is 6.17. The molecule has 3 rings (SSSR count). The van der Waals surface area contributed by atoms with Crippen LogP contribution in [0.1, 0.15) is 23.8 Å². The first-order chi connectivity index (χ1) is 13.4. The van der Waals surface area contributed by atoms with Crippen LogP contribution in [0.2, 0.25) is 0 Å². The van der Waals surface area contributed by atoms with Crippen LogP contribution in [0.3, 0.4) is 0 Å². The predicted octanol–water partition coefficient (Wildman–Crippen LogP) is 3.53. The van der Waals surface area contributed by atoms with E-state index in [9.17, 15) is 18.7 Å². The molecule has 2 aromatic heterocycles. The second-order valence-electron chi connectivity index (χ2n) is 5.80. The third-order valence-electron chi connectivity index (χ3n) is 3.60. The van der Waals surface area contributed by atoms with E-state index < -0.39 is 23.6 Å². The highest BCUT2D eigenvalue weighted by Gasteiger charge is 2.22. The number of carbonyl (C=O) groups is 1.